The van der Waals surface area contributed by atoms with Crippen molar-refractivity contribution in [3.05, 3.63) is 23.8 Å². The van der Waals surface area contributed by atoms with E-state index in [1.54, 1.807) is 25.2 Å². The summed E-state index contributed by atoms with van der Waals surface area (Å²) in [6.45, 7) is 4.59. The Bertz CT molecular complexity index is 487. The number of nitrogens with two attached hydrogens (primary N) is 1. The Morgan fingerprint density at radius 2 is 2.00 bits per heavy atom. The third kappa shape index (κ3) is 3.44. The Hall–Kier alpha value is -1.71. The third-order valence-corrected chi connectivity index (χ3v) is 4.08. The Labute approximate surface area is 120 Å². The van der Waals surface area contributed by atoms with Crippen molar-refractivity contribution < 1.29 is 9.53 Å². The molecule has 0 atom stereocenters. The summed E-state index contributed by atoms with van der Waals surface area (Å²) in [5.74, 6) is 0.496. The molecular formula is C16H24N2O2. The molecule has 1 aliphatic carbocycles. The molecule has 0 heterocycles. The molecule has 0 radical (unpaired) electrons. The number of carbonyl (C=O) groups is 1. The van der Waals surface area contributed by atoms with Crippen LogP contribution in [0.3, 0.4) is 0 Å². The van der Waals surface area contributed by atoms with Crippen LogP contribution in [0.2, 0.25) is 0 Å². The van der Waals surface area contributed by atoms with Gasteiger partial charge in [0.25, 0.3) is 5.91 Å². The fourth-order valence-electron chi connectivity index (χ4n) is 2.59. The number of hydrogen-bond acceptors (Lipinski definition) is 3. The molecule has 1 aromatic rings. The van der Waals surface area contributed by atoms with Crippen LogP contribution in [-0.2, 0) is 0 Å². The molecule has 4 heteroatoms. The van der Waals surface area contributed by atoms with Gasteiger partial charge in [0.1, 0.15) is 5.75 Å². The van der Waals surface area contributed by atoms with E-state index in [4.69, 9.17) is 10.5 Å². The summed E-state index contributed by atoms with van der Waals surface area (Å²) in [4.78, 5) is 11.6. The summed E-state index contributed by atoms with van der Waals surface area (Å²) < 4.78 is 6.01. The van der Waals surface area contributed by atoms with Crippen molar-refractivity contribution in [2.75, 3.05) is 12.8 Å². The van der Waals surface area contributed by atoms with Crippen LogP contribution in [0.5, 0.6) is 5.75 Å². The van der Waals surface area contributed by atoms with Gasteiger partial charge >= 0.3 is 0 Å². The first kappa shape index (κ1) is 14.7. The molecular weight excluding hydrogens is 252 g/mol. The minimum absolute atomic E-state index is 0.125. The van der Waals surface area contributed by atoms with Crippen molar-refractivity contribution in [3.63, 3.8) is 0 Å². The van der Waals surface area contributed by atoms with Crippen LogP contribution in [0.25, 0.3) is 0 Å². The lowest BCUT2D eigenvalue weighted by atomic mass is 9.76. The van der Waals surface area contributed by atoms with Crippen molar-refractivity contribution in [2.24, 2.45) is 5.41 Å². The highest BCUT2D eigenvalue weighted by Crippen LogP contribution is 2.37. The molecule has 1 aromatic carbocycles. The van der Waals surface area contributed by atoms with Crippen LogP contribution < -0.4 is 15.8 Å². The average molecular weight is 276 g/mol. The average Bonchev–Trinajstić information content (AvgIpc) is 2.42. The van der Waals surface area contributed by atoms with E-state index in [0.717, 1.165) is 25.7 Å². The number of ether oxygens (including phenoxy) is 1. The minimum atomic E-state index is -0.125. The lowest BCUT2D eigenvalue weighted by molar-refractivity contribution is 0.0952. The number of anilines is 1. The second kappa shape index (κ2) is 5.73. The molecule has 2 rings (SSSR count). The van der Waals surface area contributed by atoms with Crippen LogP contribution in [0.15, 0.2) is 18.2 Å². The first-order chi connectivity index (χ1) is 9.41. The molecule has 0 saturated heterocycles. The fourth-order valence-corrected chi connectivity index (χ4v) is 2.59. The monoisotopic (exact) mass is 276 g/mol. The topological polar surface area (TPSA) is 64.4 Å². The van der Waals surface area contributed by atoms with Crippen LogP contribution >= 0.6 is 0 Å². The van der Waals surface area contributed by atoms with Crippen LogP contribution in [-0.4, -0.2) is 19.1 Å². The highest BCUT2D eigenvalue weighted by Gasteiger charge is 2.28. The van der Waals surface area contributed by atoms with Crippen LogP contribution in [0.1, 0.15) is 49.9 Å². The molecule has 1 aliphatic rings. The van der Waals surface area contributed by atoms with Gasteiger partial charge < -0.3 is 15.8 Å². The zero-order valence-electron chi connectivity index (χ0n) is 12.5. The Balaban J connectivity index is 2.07. The standard InChI is InChI=1S/C16H24N2O2/c1-16(2)8-6-12(7-9-16)20-14-10-11(15(19)18-3)4-5-13(14)17/h4-5,10,12H,6-9,17H2,1-3H3,(H,18,19). The second-order valence-corrected chi connectivity index (χ2v) is 6.31. The summed E-state index contributed by atoms with van der Waals surface area (Å²) in [6.07, 6.45) is 4.59. The normalized spacial score (nSPS) is 18.6. The van der Waals surface area contributed by atoms with Gasteiger partial charge in [-0.1, -0.05) is 13.8 Å². The van der Waals surface area contributed by atoms with Crippen LogP contribution in [0.4, 0.5) is 5.69 Å². The van der Waals surface area contributed by atoms with Gasteiger partial charge in [-0.25, -0.2) is 0 Å². The van der Waals surface area contributed by atoms with E-state index in [1.807, 2.05) is 0 Å². The van der Waals surface area contributed by atoms with E-state index in [2.05, 4.69) is 19.2 Å². The minimum Gasteiger partial charge on any atom is -0.488 e. The van der Waals surface area contributed by atoms with Gasteiger partial charge in [0, 0.05) is 12.6 Å². The van der Waals surface area contributed by atoms with Crippen molar-refractivity contribution >= 4 is 11.6 Å². The molecule has 0 aromatic heterocycles. The quantitative estimate of drug-likeness (QED) is 0.834. The molecule has 1 amide bonds. The number of hydrogen-bond donors (Lipinski definition) is 2. The lowest BCUT2D eigenvalue weighted by Crippen LogP contribution is -2.28. The number of benzene rings is 1. The molecule has 20 heavy (non-hydrogen) atoms. The van der Waals surface area contributed by atoms with Crippen molar-refractivity contribution in [1.29, 1.82) is 0 Å². The van der Waals surface area contributed by atoms with E-state index in [9.17, 15) is 4.79 Å². The molecule has 110 valence electrons. The van der Waals surface area contributed by atoms with Gasteiger partial charge in [-0.15, -0.1) is 0 Å². The predicted octanol–water partition coefficient (Wildman–Crippen LogP) is 2.98. The first-order valence-corrected chi connectivity index (χ1v) is 7.19. The molecule has 3 N–H and O–H groups in total. The summed E-state index contributed by atoms with van der Waals surface area (Å²) in [5.41, 5.74) is 7.52. The molecule has 1 saturated carbocycles. The van der Waals surface area contributed by atoms with E-state index in [0.29, 0.717) is 22.4 Å². The number of carbonyl (C=O) groups excluding carboxylic acids is 1. The van der Waals surface area contributed by atoms with Gasteiger partial charge in [0.05, 0.1) is 11.8 Å². The van der Waals surface area contributed by atoms with Gasteiger partial charge in [0.2, 0.25) is 0 Å². The van der Waals surface area contributed by atoms with Gasteiger partial charge in [-0.05, 0) is 49.3 Å². The summed E-state index contributed by atoms with van der Waals surface area (Å²) >= 11 is 0. The van der Waals surface area contributed by atoms with Crippen molar-refractivity contribution in [1.82, 2.24) is 5.32 Å². The Morgan fingerprint density at radius 3 is 2.60 bits per heavy atom. The SMILES string of the molecule is CNC(=O)c1ccc(N)c(OC2CCC(C)(C)CC2)c1. The van der Waals surface area contributed by atoms with Gasteiger partial charge in [-0.3, -0.25) is 4.79 Å². The highest BCUT2D eigenvalue weighted by molar-refractivity contribution is 5.95. The molecule has 0 aliphatic heterocycles. The van der Waals surface area contributed by atoms with E-state index in [-0.39, 0.29) is 12.0 Å². The van der Waals surface area contributed by atoms with Gasteiger partial charge in [0.15, 0.2) is 0 Å². The number of nitrogen functional groups attached to an aromatic ring is 1. The van der Waals surface area contributed by atoms with Crippen molar-refractivity contribution in [2.45, 2.75) is 45.6 Å². The largest absolute Gasteiger partial charge is 0.488 e. The predicted molar refractivity (Wildman–Crippen MR) is 80.9 cm³/mol. The number of rotatable bonds is 3. The highest BCUT2D eigenvalue weighted by atomic mass is 16.5. The maximum absolute atomic E-state index is 11.6. The van der Waals surface area contributed by atoms with Gasteiger partial charge in [-0.2, -0.15) is 0 Å². The maximum Gasteiger partial charge on any atom is 0.251 e. The molecule has 0 spiro atoms. The summed E-state index contributed by atoms with van der Waals surface area (Å²) in [5, 5.41) is 2.61. The maximum atomic E-state index is 11.6. The molecule has 0 bridgehead atoms. The van der Waals surface area contributed by atoms with Crippen molar-refractivity contribution in [3.8, 4) is 5.75 Å². The van der Waals surface area contributed by atoms with E-state index in [1.165, 1.54) is 0 Å². The number of nitrogens with one attached hydrogen (secondary N) is 1. The third-order valence-electron chi connectivity index (χ3n) is 4.08. The zero-order chi connectivity index (χ0) is 14.8. The van der Waals surface area contributed by atoms with Crippen LogP contribution in [0, 0.1) is 5.41 Å². The lowest BCUT2D eigenvalue weighted by Gasteiger charge is -2.34. The Kier molecular flexibility index (Phi) is 4.21. The smallest absolute Gasteiger partial charge is 0.251 e. The second-order valence-electron chi connectivity index (χ2n) is 6.31. The summed E-state index contributed by atoms with van der Waals surface area (Å²) in [6, 6.07) is 5.17. The Morgan fingerprint density at radius 1 is 1.35 bits per heavy atom. The molecule has 1 fully saturated rings. The van der Waals surface area contributed by atoms with E-state index >= 15 is 0 Å². The number of amides is 1. The summed E-state index contributed by atoms with van der Waals surface area (Å²) in [7, 11) is 1.61. The molecule has 4 nitrogen and oxygen atoms in total. The fraction of sp³-hybridized carbons (Fsp3) is 0.562. The van der Waals surface area contributed by atoms with E-state index < -0.39 is 0 Å². The zero-order valence-corrected chi connectivity index (χ0v) is 12.5. The first-order valence-electron chi connectivity index (χ1n) is 7.19. The molecule has 0 unspecified atom stereocenters.